The van der Waals surface area contributed by atoms with E-state index in [9.17, 15) is 33.6 Å². The molecule has 0 radical (unpaired) electrons. The molecule has 0 aromatic heterocycles. The van der Waals surface area contributed by atoms with Crippen molar-refractivity contribution in [1.82, 2.24) is 16.0 Å². The average Bonchev–Trinajstić information content (AvgIpc) is 2.67. The Hall–Kier alpha value is -3.79. The molecule has 0 bridgehead atoms. The smallest absolute Gasteiger partial charge is 0.326 e. The average molecular weight is 463 g/mol. The quantitative estimate of drug-likeness (QED) is 0.110. The maximum atomic E-state index is 12.5. The Kier molecular flexibility index (Phi) is 11.9. The van der Waals surface area contributed by atoms with E-state index in [2.05, 4.69) is 5.32 Å². The van der Waals surface area contributed by atoms with Gasteiger partial charge in [0.05, 0.1) is 19.4 Å². The lowest BCUT2D eigenvalue weighted by atomic mass is 10.1. The van der Waals surface area contributed by atoms with Crippen LogP contribution in [0.5, 0.6) is 0 Å². The van der Waals surface area contributed by atoms with E-state index in [0.29, 0.717) is 0 Å². The lowest BCUT2D eigenvalue weighted by Crippen LogP contribution is -2.58. The Bertz CT molecular complexity index is 757. The number of carbonyl (C=O) groups is 7. The molecule has 4 atom stereocenters. The SMILES string of the molecule is NC(=O)CC(NC(=O)C(CC(=O)O)NC(=O)C(CCC(=O)O)NC(=O)C(N)CO)C(=O)O. The predicted octanol–water partition coefficient (Wildman–Crippen LogP) is -4.94. The fraction of sp³-hybridized carbons (Fsp3) is 0.562. The first-order valence-corrected chi connectivity index (χ1v) is 9.00. The lowest BCUT2D eigenvalue weighted by molar-refractivity contribution is -0.144. The molecule has 0 heterocycles. The third-order valence-corrected chi connectivity index (χ3v) is 3.84. The molecular weight excluding hydrogens is 438 g/mol. The summed E-state index contributed by atoms with van der Waals surface area (Å²) in [7, 11) is 0. The van der Waals surface area contributed by atoms with Gasteiger partial charge in [-0.2, -0.15) is 0 Å². The first kappa shape index (κ1) is 28.2. The summed E-state index contributed by atoms with van der Waals surface area (Å²) in [6.45, 7) is -0.792. The van der Waals surface area contributed by atoms with Crippen molar-refractivity contribution in [3.8, 4) is 0 Å². The van der Waals surface area contributed by atoms with E-state index in [0.717, 1.165) is 0 Å². The van der Waals surface area contributed by atoms with Gasteiger partial charge in [0, 0.05) is 6.42 Å². The summed E-state index contributed by atoms with van der Waals surface area (Å²) in [5.41, 5.74) is 10.2. The maximum absolute atomic E-state index is 12.5. The molecule has 11 N–H and O–H groups in total. The van der Waals surface area contributed by atoms with Crippen molar-refractivity contribution < 1.29 is 54.0 Å². The first-order valence-electron chi connectivity index (χ1n) is 9.00. The standard InChI is InChI=1S/C16H25N5O11/c17-6(5-22)13(28)19-7(1-2-11(24)25)14(29)20-8(4-12(26)27)15(30)21-9(16(31)32)3-10(18)23/h6-9,22H,1-5,17H2,(H2,18,23)(H,19,28)(H,20,29)(H,21,30)(H,24,25)(H,26,27)(H,31,32). The topological polar surface area (TPSA) is 289 Å². The van der Waals surface area contributed by atoms with E-state index in [1.807, 2.05) is 10.6 Å². The predicted molar refractivity (Wildman–Crippen MR) is 101 cm³/mol. The van der Waals surface area contributed by atoms with Crippen LogP contribution < -0.4 is 27.4 Å². The number of carbonyl (C=O) groups excluding carboxylic acids is 4. The Morgan fingerprint density at radius 3 is 1.66 bits per heavy atom. The lowest BCUT2D eigenvalue weighted by Gasteiger charge is -2.24. The van der Waals surface area contributed by atoms with Crippen LogP contribution in [0.25, 0.3) is 0 Å². The molecule has 4 amide bonds. The van der Waals surface area contributed by atoms with Crippen molar-refractivity contribution in [3.63, 3.8) is 0 Å². The maximum Gasteiger partial charge on any atom is 0.326 e. The van der Waals surface area contributed by atoms with Crippen LogP contribution in [0.3, 0.4) is 0 Å². The number of aliphatic hydroxyl groups excluding tert-OH is 1. The van der Waals surface area contributed by atoms with Gasteiger partial charge < -0.3 is 47.8 Å². The number of nitrogens with two attached hydrogens (primary N) is 2. The van der Waals surface area contributed by atoms with Gasteiger partial charge in [-0.15, -0.1) is 0 Å². The fourth-order valence-electron chi connectivity index (χ4n) is 2.23. The molecular formula is C16H25N5O11. The van der Waals surface area contributed by atoms with Gasteiger partial charge in [-0.05, 0) is 6.42 Å². The van der Waals surface area contributed by atoms with E-state index in [4.69, 9.17) is 31.9 Å². The van der Waals surface area contributed by atoms with Crippen molar-refractivity contribution in [2.24, 2.45) is 11.5 Å². The van der Waals surface area contributed by atoms with Gasteiger partial charge in [-0.1, -0.05) is 0 Å². The Morgan fingerprint density at radius 2 is 1.22 bits per heavy atom. The van der Waals surface area contributed by atoms with Gasteiger partial charge in [0.15, 0.2) is 0 Å². The van der Waals surface area contributed by atoms with Crippen LogP contribution in [-0.2, 0) is 33.6 Å². The van der Waals surface area contributed by atoms with E-state index in [1.165, 1.54) is 0 Å². The normalized spacial score (nSPS) is 14.2. The van der Waals surface area contributed by atoms with Crippen molar-refractivity contribution in [2.45, 2.75) is 49.9 Å². The molecule has 0 spiro atoms. The minimum Gasteiger partial charge on any atom is -0.481 e. The van der Waals surface area contributed by atoms with Crippen LogP contribution in [-0.4, -0.2) is 92.7 Å². The summed E-state index contributed by atoms with van der Waals surface area (Å²) in [6.07, 6.45) is -2.92. The number of carboxylic acids is 3. The summed E-state index contributed by atoms with van der Waals surface area (Å²) >= 11 is 0. The molecule has 0 aromatic carbocycles. The Morgan fingerprint density at radius 1 is 0.719 bits per heavy atom. The second-order valence-electron chi connectivity index (χ2n) is 6.51. The zero-order chi connectivity index (χ0) is 25.0. The third-order valence-electron chi connectivity index (χ3n) is 3.84. The highest BCUT2D eigenvalue weighted by Crippen LogP contribution is 2.03. The highest BCUT2D eigenvalue weighted by Gasteiger charge is 2.32. The summed E-state index contributed by atoms with van der Waals surface area (Å²) in [5.74, 6) is -9.11. The van der Waals surface area contributed by atoms with Crippen LogP contribution in [0, 0.1) is 0 Å². The van der Waals surface area contributed by atoms with Crippen molar-refractivity contribution in [1.29, 1.82) is 0 Å². The minimum atomic E-state index is -1.86. The van der Waals surface area contributed by atoms with Gasteiger partial charge in [-0.3, -0.25) is 28.8 Å². The molecule has 16 heteroatoms. The second-order valence-corrected chi connectivity index (χ2v) is 6.51. The van der Waals surface area contributed by atoms with E-state index >= 15 is 0 Å². The molecule has 0 aromatic rings. The van der Waals surface area contributed by atoms with E-state index in [1.54, 1.807) is 0 Å². The molecule has 4 unspecified atom stereocenters. The minimum absolute atomic E-state index is 0.480. The number of primary amides is 1. The third kappa shape index (κ3) is 10.8. The molecule has 0 saturated heterocycles. The highest BCUT2D eigenvalue weighted by molar-refractivity contribution is 5.96. The molecule has 0 aliphatic heterocycles. The summed E-state index contributed by atoms with van der Waals surface area (Å²) < 4.78 is 0. The van der Waals surface area contributed by atoms with Gasteiger partial charge in [0.1, 0.15) is 24.2 Å². The van der Waals surface area contributed by atoms with Crippen LogP contribution in [0.1, 0.15) is 25.7 Å². The molecule has 32 heavy (non-hydrogen) atoms. The van der Waals surface area contributed by atoms with E-state index in [-0.39, 0.29) is 0 Å². The van der Waals surface area contributed by atoms with Crippen LogP contribution in [0.2, 0.25) is 0 Å². The van der Waals surface area contributed by atoms with Crippen molar-refractivity contribution in [2.75, 3.05) is 6.61 Å². The second kappa shape index (κ2) is 13.5. The van der Waals surface area contributed by atoms with Crippen LogP contribution in [0.4, 0.5) is 0 Å². The first-order chi connectivity index (χ1) is 14.8. The van der Waals surface area contributed by atoms with Crippen molar-refractivity contribution in [3.05, 3.63) is 0 Å². The molecule has 0 aliphatic carbocycles. The molecule has 0 fully saturated rings. The van der Waals surface area contributed by atoms with Crippen molar-refractivity contribution >= 4 is 41.5 Å². The van der Waals surface area contributed by atoms with Gasteiger partial charge >= 0.3 is 17.9 Å². The molecule has 16 nitrogen and oxygen atoms in total. The number of aliphatic hydroxyl groups is 1. The summed E-state index contributed by atoms with van der Waals surface area (Å²) in [6, 6.07) is -6.69. The van der Waals surface area contributed by atoms with Gasteiger partial charge in [0.2, 0.25) is 23.6 Å². The van der Waals surface area contributed by atoms with Gasteiger partial charge in [-0.25, -0.2) is 4.79 Å². The van der Waals surface area contributed by atoms with Crippen LogP contribution >= 0.6 is 0 Å². The number of rotatable bonds is 15. The van der Waals surface area contributed by atoms with Gasteiger partial charge in [0.25, 0.3) is 0 Å². The van der Waals surface area contributed by atoms with Crippen LogP contribution in [0.15, 0.2) is 0 Å². The highest BCUT2D eigenvalue weighted by atomic mass is 16.4. The molecule has 180 valence electrons. The molecule has 0 saturated carbocycles. The number of hydrogen-bond donors (Lipinski definition) is 9. The number of hydrogen-bond acceptors (Lipinski definition) is 9. The number of nitrogens with one attached hydrogen (secondary N) is 3. The van der Waals surface area contributed by atoms with E-state index < -0.39 is 98.0 Å². The number of aliphatic carboxylic acids is 3. The molecule has 0 rings (SSSR count). The number of carboxylic acid groups (broad SMARTS) is 3. The largest absolute Gasteiger partial charge is 0.481 e. The Labute approximate surface area is 180 Å². The molecule has 0 aliphatic rings. The number of amides is 4. The monoisotopic (exact) mass is 463 g/mol. The Balaban J connectivity index is 5.55. The summed E-state index contributed by atoms with van der Waals surface area (Å²) in [5, 5.41) is 41.6. The zero-order valence-electron chi connectivity index (χ0n) is 16.6. The fourth-order valence-corrected chi connectivity index (χ4v) is 2.23. The zero-order valence-corrected chi connectivity index (χ0v) is 16.6. The summed E-state index contributed by atoms with van der Waals surface area (Å²) in [4.78, 5) is 80.7.